The summed E-state index contributed by atoms with van der Waals surface area (Å²) >= 11 is 5.19. The summed E-state index contributed by atoms with van der Waals surface area (Å²) < 4.78 is 14.2. The Bertz CT molecular complexity index is 1190. The van der Waals surface area contributed by atoms with Crippen LogP contribution in [0.15, 0.2) is 21.4 Å². The molecule has 0 aliphatic carbocycles. The summed E-state index contributed by atoms with van der Waals surface area (Å²) in [6, 6.07) is 3.99. The molecule has 5 nitrogen and oxygen atoms in total. The van der Waals surface area contributed by atoms with Crippen molar-refractivity contribution in [1.82, 2.24) is 9.55 Å². The molecule has 0 fully saturated rings. The smallest absolute Gasteiger partial charge is 0.262 e. The number of thiophene rings is 1. The maximum atomic E-state index is 13.0. The molecule has 4 rings (SSSR count). The number of hydrogen-bond donors (Lipinski definition) is 0. The minimum Gasteiger partial charge on any atom is -0.490 e. The molecule has 0 radical (unpaired) electrons. The minimum atomic E-state index is 0.0677. The number of rotatable bonds is 5. The van der Waals surface area contributed by atoms with Gasteiger partial charge in [-0.05, 0) is 85.0 Å². The van der Waals surface area contributed by atoms with Crippen molar-refractivity contribution in [2.45, 2.75) is 40.7 Å². The quantitative estimate of drug-likeness (QED) is 0.484. The number of aryl methyl sites for hydroxylation is 2. The number of ether oxygens (including phenoxy) is 2. The highest BCUT2D eigenvalue weighted by Crippen LogP contribution is 2.39. The van der Waals surface area contributed by atoms with Crippen molar-refractivity contribution in [3.8, 4) is 11.5 Å². The SMILES string of the molecule is CCOc1cc(/C=C2\CCn3c2nc2sc(C)c(C)c2c3=O)cc(Br)c1OCC. The van der Waals surface area contributed by atoms with E-state index in [2.05, 4.69) is 22.0 Å². The molecule has 0 atom stereocenters. The van der Waals surface area contributed by atoms with Crippen molar-refractivity contribution in [3.05, 3.63) is 48.8 Å². The Morgan fingerprint density at radius 1 is 1.24 bits per heavy atom. The van der Waals surface area contributed by atoms with Crippen LogP contribution >= 0.6 is 27.3 Å². The molecule has 0 N–H and O–H groups in total. The summed E-state index contributed by atoms with van der Waals surface area (Å²) in [6.07, 6.45) is 2.87. The van der Waals surface area contributed by atoms with Crippen LogP contribution in [-0.2, 0) is 6.54 Å². The van der Waals surface area contributed by atoms with Crippen molar-refractivity contribution in [2.24, 2.45) is 0 Å². The van der Waals surface area contributed by atoms with Gasteiger partial charge in [-0.1, -0.05) is 0 Å². The van der Waals surface area contributed by atoms with E-state index in [-0.39, 0.29) is 5.56 Å². The third-order valence-electron chi connectivity index (χ3n) is 5.14. The van der Waals surface area contributed by atoms with Gasteiger partial charge in [0.1, 0.15) is 10.7 Å². The molecule has 0 amide bonds. The van der Waals surface area contributed by atoms with E-state index in [4.69, 9.17) is 14.5 Å². The van der Waals surface area contributed by atoms with E-state index >= 15 is 0 Å². The van der Waals surface area contributed by atoms with E-state index in [0.717, 1.165) is 48.5 Å². The highest BCUT2D eigenvalue weighted by Gasteiger charge is 2.23. The molecule has 1 aliphatic heterocycles. The number of halogens is 1. The fourth-order valence-corrected chi connectivity index (χ4v) is 5.27. The van der Waals surface area contributed by atoms with Crippen molar-refractivity contribution < 1.29 is 9.47 Å². The Hall–Kier alpha value is -2.12. The fourth-order valence-electron chi connectivity index (χ4n) is 3.68. The van der Waals surface area contributed by atoms with Crippen LogP contribution in [0.1, 0.15) is 42.1 Å². The second-order valence-electron chi connectivity index (χ2n) is 6.97. The Kier molecular flexibility index (Phi) is 5.53. The molecule has 3 heterocycles. The first kappa shape index (κ1) is 20.2. The second-order valence-corrected chi connectivity index (χ2v) is 9.03. The van der Waals surface area contributed by atoms with Gasteiger partial charge >= 0.3 is 0 Å². The van der Waals surface area contributed by atoms with Gasteiger partial charge in [-0.3, -0.25) is 9.36 Å². The Balaban J connectivity index is 1.82. The minimum absolute atomic E-state index is 0.0677. The summed E-state index contributed by atoms with van der Waals surface area (Å²) in [5.74, 6) is 2.19. The van der Waals surface area contributed by atoms with Crippen LogP contribution in [0.25, 0.3) is 21.9 Å². The van der Waals surface area contributed by atoms with E-state index in [9.17, 15) is 4.79 Å². The van der Waals surface area contributed by atoms with Crippen LogP contribution in [0.2, 0.25) is 0 Å². The third kappa shape index (κ3) is 3.51. The van der Waals surface area contributed by atoms with E-state index in [1.165, 1.54) is 0 Å². The van der Waals surface area contributed by atoms with Gasteiger partial charge in [0.15, 0.2) is 11.5 Å². The normalized spacial score (nSPS) is 14.6. The lowest BCUT2D eigenvalue weighted by Gasteiger charge is -2.13. The monoisotopic (exact) mass is 474 g/mol. The van der Waals surface area contributed by atoms with Gasteiger partial charge < -0.3 is 9.47 Å². The highest BCUT2D eigenvalue weighted by molar-refractivity contribution is 9.10. The molecule has 3 aromatic rings. The predicted molar refractivity (Wildman–Crippen MR) is 122 cm³/mol. The van der Waals surface area contributed by atoms with Crippen LogP contribution < -0.4 is 15.0 Å². The summed E-state index contributed by atoms with van der Waals surface area (Å²) in [4.78, 5) is 19.8. The summed E-state index contributed by atoms with van der Waals surface area (Å²) in [7, 11) is 0. The maximum absolute atomic E-state index is 13.0. The molecule has 0 unspecified atom stereocenters. The molecule has 29 heavy (non-hydrogen) atoms. The number of fused-ring (bicyclic) bond motifs is 2. The number of nitrogens with zero attached hydrogens (tertiary/aromatic N) is 2. The Morgan fingerprint density at radius 3 is 2.72 bits per heavy atom. The highest BCUT2D eigenvalue weighted by atomic mass is 79.9. The van der Waals surface area contributed by atoms with Crippen molar-refractivity contribution in [2.75, 3.05) is 13.2 Å². The Labute approximate surface area is 182 Å². The predicted octanol–water partition coefficient (Wildman–Crippen LogP) is 5.58. The van der Waals surface area contributed by atoms with Crippen LogP contribution in [0.5, 0.6) is 11.5 Å². The van der Waals surface area contributed by atoms with Crippen LogP contribution in [0, 0.1) is 13.8 Å². The van der Waals surface area contributed by atoms with Gasteiger partial charge in [-0.2, -0.15) is 0 Å². The van der Waals surface area contributed by atoms with Crippen LogP contribution in [0.3, 0.4) is 0 Å². The van der Waals surface area contributed by atoms with E-state index in [1.807, 2.05) is 39.8 Å². The number of benzene rings is 1. The summed E-state index contributed by atoms with van der Waals surface area (Å²) in [5, 5.41) is 0.764. The number of aromatic nitrogens is 2. The van der Waals surface area contributed by atoms with Crippen molar-refractivity contribution >= 4 is 49.1 Å². The van der Waals surface area contributed by atoms with E-state index in [1.54, 1.807) is 15.9 Å². The van der Waals surface area contributed by atoms with Gasteiger partial charge in [-0.25, -0.2) is 4.98 Å². The zero-order chi connectivity index (χ0) is 20.7. The molecule has 1 aromatic carbocycles. The standard InChI is InChI=1S/C22H23BrN2O3S/c1-5-27-17-11-14(10-16(23)19(17)28-6-2)9-15-7-8-25-20(15)24-21-18(22(25)26)12(3)13(4)29-21/h9-11H,5-8H2,1-4H3/b15-9+. The van der Waals surface area contributed by atoms with Gasteiger partial charge in [0.05, 0.1) is 23.1 Å². The second kappa shape index (κ2) is 7.95. The molecule has 7 heteroatoms. The average Bonchev–Trinajstić information content (AvgIpc) is 3.20. The molecule has 152 valence electrons. The van der Waals surface area contributed by atoms with Crippen molar-refractivity contribution in [3.63, 3.8) is 0 Å². The average molecular weight is 475 g/mol. The molecule has 2 aromatic heterocycles. The number of allylic oxidation sites excluding steroid dienone is 1. The molecule has 0 spiro atoms. The first-order chi connectivity index (χ1) is 13.9. The zero-order valence-corrected chi connectivity index (χ0v) is 19.4. The number of hydrogen-bond acceptors (Lipinski definition) is 5. The van der Waals surface area contributed by atoms with Gasteiger partial charge in [0.2, 0.25) is 0 Å². The van der Waals surface area contributed by atoms with Gasteiger partial charge in [-0.15, -0.1) is 11.3 Å². The van der Waals surface area contributed by atoms with Crippen LogP contribution in [0.4, 0.5) is 0 Å². The zero-order valence-electron chi connectivity index (χ0n) is 17.0. The van der Waals surface area contributed by atoms with Crippen molar-refractivity contribution in [1.29, 1.82) is 0 Å². The maximum Gasteiger partial charge on any atom is 0.262 e. The van der Waals surface area contributed by atoms with Gasteiger partial charge in [0.25, 0.3) is 5.56 Å². The first-order valence-corrected chi connectivity index (χ1v) is 11.4. The molecular weight excluding hydrogens is 452 g/mol. The fraction of sp³-hybridized carbons (Fsp3) is 0.364. The third-order valence-corrected chi connectivity index (χ3v) is 6.83. The summed E-state index contributed by atoms with van der Waals surface area (Å²) in [6.45, 7) is 9.73. The van der Waals surface area contributed by atoms with Crippen LogP contribution in [-0.4, -0.2) is 22.8 Å². The molecule has 1 aliphatic rings. The summed E-state index contributed by atoms with van der Waals surface area (Å²) in [5.41, 5.74) is 3.16. The molecular formula is C22H23BrN2O3S. The lowest BCUT2D eigenvalue weighted by atomic mass is 10.1. The molecule has 0 saturated heterocycles. The van der Waals surface area contributed by atoms with E-state index in [0.29, 0.717) is 31.3 Å². The van der Waals surface area contributed by atoms with E-state index < -0.39 is 0 Å². The largest absolute Gasteiger partial charge is 0.490 e. The lowest BCUT2D eigenvalue weighted by molar-refractivity contribution is 0.286. The van der Waals surface area contributed by atoms with Gasteiger partial charge in [0, 0.05) is 11.4 Å². The molecule has 0 bridgehead atoms. The lowest BCUT2D eigenvalue weighted by Crippen LogP contribution is -2.20. The first-order valence-electron chi connectivity index (χ1n) is 9.75. The Morgan fingerprint density at radius 2 is 2.00 bits per heavy atom. The molecule has 0 saturated carbocycles. The topological polar surface area (TPSA) is 53.4 Å².